The molecule has 0 saturated carbocycles. The molecule has 2 aromatic rings. The molecule has 0 atom stereocenters. The van der Waals surface area contributed by atoms with E-state index >= 15 is 0 Å². The fraction of sp³-hybridized carbons (Fsp3) is 0.188. The minimum atomic E-state index is -0.299. The van der Waals surface area contributed by atoms with Crippen molar-refractivity contribution in [2.45, 2.75) is 18.8 Å². The predicted octanol–water partition coefficient (Wildman–Crippen LogP) is 3.96. The molecule has 1 amide bonds. The van der Waals surface area contributed by atoms with Gasteiger partial charge in [-0.15, -0.1) is 0 Å². The summed E-state index contributed by atoms with van der Waals surface area (Å²) in [6.07, 6.45) is 0. The molecule has 0 aliphatic rings. The van der Waals surface area contributed by atoms with Crippen LogP contribution in [0.4, 0.5) is 4.39 Å². The van der Waals surface area contributed by atoms with Gasteiger partial charge in [-0.2, -0.15) is 0 Å². The summed E-state index contributed by atoms with van der Waals surface area (Å²) in [7, 11) is 0. The third-order valence-corrected chi connectivity index (χ3v) is 3.67. The Kier molecular flexibility index (Phi) is 4.90. The number of aryl methyl sites for hydroxylation is 1. The van der Waals surface area contributed by atoms with Crippen molar-refractivity contribution >= 4 is 21.8 Å². The van der Waals surface area contributed by atoms with Gasteiger partial charge in [0.2, 0.25) is 0 Å². The van der Waals surface area contributed by atoms with Gasteiger partial charge in [0.15, 0.2) is 0 Å². The average molecular weight is 336 g/mol. The van der Waals surface area contributed by atoms with Crippen molar-refractivity contribution in [3.63, 3.8) is 0 Å². The molecule has 0 heterocycles. The number of rotatable bonds is 4. The third-order valence-electron chi connectivity index (χ3n) is 3.02. The van der Waals surface area contributed by atoms with Crippen LogP contribution >= 0.6 is 15.9 Å². The van der Waals surface area contributed by atoms with Gasteiger partial charge < -0.3 is 5.32 Å². The molecule has 0 unspecified atom stereocenters. The normalized spacial score (nSPS) is 10.3. The molecule has 0 bridgehead atoms. The van der Waals surface area contributed by atoms with E-state index in [0.717, 1.165) is 16.5 Å². The molecule has 0 saturated heterocycles. The third kappa shape index (κ3) is 3.67. The van der Waals surface area contributed by atoms with Crippen molar-refractivity contribution < 1.29 is 9.18 Å². The van der Waals surface area contributed by atoms with Crippen LogP contribution in [0.25, 0.3) is 0 Å². The van der Waals surface area contributed by atoms with Crippen molar-refractivity contribution in [3.8, 4) is 0 Å². The van der Waals surface area contributed by atoms with Gasteiger partial charge in [-0.3, -0.25) is 4.79 Å². The lowest BCUT2D eigenvalue weighted by atomic mass is 10.1. The standard InChI is InChI=1S/C16H15BrFNO/c1-11-7-14(5-6-15(11)18)16(20)19-10-13-4-2-3-12(8-13)9-17/h2-8H,9-10H2,1H3,(H,19,20). The smallest absolute Gasteiger partial charge is 0.251 e. The number of amides is 1. The number of benzene rings is 2. The maximum Gasteiger partial charge on any atom is 0.251 e. The predicted molar refractivity (Wildman–Crippen MR) is 81.4 cm³/mol. The van der Waals surface area contributed by atoms with E-state index in [2.05, 4.69) is 21.2 Å². The van der Waals surface area contributed by atoms with Crippen molar-refractivity contribution in [1.82, 2.24) is 5.32 Å². The molecule has 1 N–H and O–H groups in total. The van der Waals surface area contributed by atoms with Gasteiger partial charge in [0.25, 0.3) is 5.91 Å². The molecule has 0 radical (unpaired) electrons. The van der Waals surface area contributed by atoms with Crippen molar-refractivity contribution in [2.75, 3.05) is 0 Å². The minimum absolute atomic E-state index is 0.197. The van der Waals surface area contributed by atoms with Crippen LogP contribution in [0.5, 0.6) is 0 Å². The molecule has 0 aromatic heterocycles. The second kappa shape index (κ2) is 6.66. The molecular formula is C16H15BrFNO. The van der Waals surface area contributed by atoms with Crippen LogP contribution in [0.15, 0.2) is 42.5 Å². The zero-order chi connectivity index (χ0) is 14.5. The molecular weight excluding hydrogens is 321 g/mol. The van der Waals surface area contributed by atoms with Gasteiger partial charge in [0.1, 0.15) is 5.82 Å². The molecule has 2 aromatic carbocycles. The van der Waals surface area contributed by atoms with E-state index in [9.17, 15) is 9.18 Å². The Morgan fingerprint density at radius 2 is 1.95 bits per heavy atom. The van der Waals surface area contributed by atoms with Crippen LogP contribution in [0.3, 0.4) is 0 Å². The summed E-state index contributed by atoms with van der Waals surface area (Å²) in [5.41, 5.74) is 3.14. The Labute approximate surface area is 126 Å². The van der Waals surface area contributed by atoms with Crippen molar-refractivity contribution in [2.24, 2.45) is 0 Å². The topological polar surface area (TPSA) is 29.1 Å². The van der Waals surface area contributed by atoms with Gasteiger partial charge in [0, 0.05) is 17.4 Å². The van der Waals surface area contributed by atoms with E-state index in [1.807, 2.05) is 24.3 Å². The fourth-order valence-corrected chi connectivity index (χ4v) is 2.24. The summed E-state index contributed by atoms with van der Waals surface area (Å²) >= 11 is 3.40. The van der Waals surface area contributed by atoms with Gasteiger partial charge in [-0.05, 0) is 41.8 Å². The van der Waals surface area contributed by atoms with E-state index in [1.54, 1.807) is 13.0 Å². The van der Waals surface area contributed by atoms with Gasteiger partial charge in [-0.1, -0.05) is 40.2 Å². The van der Waals surface area contributed by atoms with Gasteiger partial charge in [-0.25, -0.2) is 4.39 Å². The largest absolute Gasteiger partial charge is 0.348 e. The monoisotopic (exact) mass is 335 g/mol. The Hall–Kier alpha value is -1.68. The fourth-order valence-electron chi connectivity index (χ4n) is 1.89. The highest BCUT2D eigenvalue weighted by atomic mass is 79.9. The van der Waals surface area contributed by atoms with E-state index in [-0.39, 0.29) is 11.7 Å². The number of halogens is 2. The van der Waals surface area contributed by atoms with Crippen molar-refractivity contribution in [3.05, 3.63) is 70.5 Å². The minimum Gasteiger partial charge on any atom is -0.348 e. The maximum atomic E-state index is 13.2. The van der Waals surface area contributed by atoms with Gasteiger partial charge >= 0.3 is 0 Å². The zero-order valence-corrected chi connectivity index (χ0v) is 12.7. The number of hydrogen-bond donors (Lipinski definition) is 1. The van der Waals surface area contributed by atoms with Crippen molar-refractivity contribution in [1.29, 1.82) is 0 Å². The van der Waals surface area contributed by atoms with E-state index in [4.69, 9.17) is 0 Å². The average Bonchev–Trinajstić information content (AvgIpc) is 2.47. The van der Waals surface area contributed by atoms with Crippen LogP contribution < -0.4 is 5.32 Å². The van der Waals surface area contributed by atoms with Gasteiger partial charge in [0.05, 0.1) is 0 Å². The summed E-state index contributed by atoms with van der Waals surface area (Å²) in [6, 6.07) is 12.3. The lowest BCUT2D eigenvalue weighted by molar-refractivity contribution is 0.0951. The number of carbonyl (C=O) groups excluding carboxylic acids is 1. The number of hydrogen-bond acceptors (Lipinski definition) is 1. The lowest BCUT2D eigenvalue weighted by Gasteiger charge is -2.07. The molecule has 2 rings (SSSR count). The quantitative estimate of drug-likeness (QED) is 0.842. The molecule has 2 nitrogen and oxygen atoms in total. The Morgan fingerprint density at radius 3 is 2.65 bits per heavy atom. The van der Waals surface area contributed by atoms with Crippen LogP contribution in [-0.2, 0) is 11.9 Å². The molecule has 0 fully saturated rings. The summed E-state index contributed by atoms with van der Waals surface area (Å²) in [5, 5.41) is 3.62. The highest BCUT2D eigenvalue weighted by Crippen LogP contribution is 2.11. The first-order valence-electron chi connectivity index (χ1n) is 6.28. The molecule has 0 aliphatic heterocycles. The first-order valence-corrected chi connectivity index (χ1v) is 7.40. The summed E-state index contributed by atoms with van der Waals surface area (Å²) < 4.78 is 13.2. The lowest BCUT2D eigenvalue weighted by Crippen LogP contribution is -2.23. The van der Waals surface area contributed by atoms with E-state index in [1.165, 1.54) is 12.1 Å². The first-order chi connectivity index (χ1) is 9.60. The van der Waals surface area contributed by atoms with E-state index < -0.39 is 0 Å². The summed E-state index contributed by atoms with van der Waals surface area (Å²) in [4.78, 5) is 12.0. The SMILES string of the molecule is Cc1cc(C(=O)NCc2cccc(CBr)c2)ccc1F. The number of nitrogens with one attached hydrogen (secondary N) is 1. The molecule has 4 heteroatoms. The number of alkyl halides is 1. The van der Waals surface area contributed by atoms with Crippen LogP contribution in [0, 0.1) is 12.7 Å². The van der Waals surface area contributed by atoms with Crippen LogP contribution in [0.1, 0.15) is 27.0 Å². The number of carbonyl (C=O) groups is 1. The Bertz CT molecular complexity index is 628. The first kappa shape index (κ1) is 14.7. The molecule has 104 valence electrons. The highest BCUT2D eigenvalue weighted by molar-refractivity contribution is 9.08. The van der Waals surface area contributed by atoms with E-state index in [0.29, 0.717) is 17.7 Å². The highest BCUT2D eigenvalue weighted by Gasteiger charge is 2.07. The maximum absolute atomic E-state index is 13.2. The molecule has 0 spiro atoms. The Balaban J connectivity index is 2.02. The second-order valence-electron chi connectivity index (χ2n) is 4.60. The second-order valence-corrected chi connectivity index (χ2v) is 5.16. The molecule has 0 aliphatic carbocycles. The summed E-state index contributed by atoms with van der Waals surface area (Å²) in [5.74, 6) is -0.496. The Morgan fingerprint density at radius 1 is 1.20 bits per heavy atom. The summed E-state index contributed by atoms with van der Waals surface area (Å²) in [6.45, 7) is 2.10. The van der Waals surface area contributed by atoms with Crippen LogP contribution in [0.2, 0.25) is 0 Å². The van der Waals surface area contributed by atoms with Crippen LogP contribution in [-0.4, -0.2) is 5.91 Å². The zero-order valence-electron chi connectivity index (χ0n) is 11.1. The molecule has 20 heavy (non-hydrogen) atoms.